The Morgan fingerprint density at radius 1 is 1.11 bits per heavy atom. The normalized spacial score (nSPS) is 11.3. The van der Waals surface area contributed by atoms with E-state index in [0.29, 0.717) is 18.1 Å². The van der Waals surface area contributed by atoms with Crippen LogP contribution >= 0.6 is 0 Å². The summed E-state index contributed by atoms with van der Waals surface area (Å²) in [5.74, 6) is 1.01. The number of nitrogens with zero attached hydrogens (tertiary/aromatic N) is 1. The minimum atomic E-state index is -0.273. The second-order valence-corrected chi connectivity index (χ2v) is 7.23. The van der Waals surface area contributed by atoms with Crippen LogP contribution in [-0.4, -0.2) is 32.4 Å². The van der Waals surface area contributed by atoms with Crippen molar-refractivity contribution in [3.8, 4) is 11.5 Å². The SMILES string of the molecule is CCOc1ccc(/C=N\OCC(=O)Nc2ccc(C(C)(C)C)cc2)cc1OC. The third-order valence-corrected chi connectivity index (χ3v) is 3.99. The third kappa shape index (κ3) is 6.30. The predicted octanol–water partition coefficient (Wildman–Crippen LogP) is 4.38. The second kappa shape index (κ2) is 9.78. The summed E-state index contributed by atoms with van der Waals surface area (Å²) < 4.78 is 10.8. The topological polar surface area (TPSA) is 69.2 Å². The lowest BCUT2D eigenvalue weighted by molar-refractivity contribution is -0.120. The Labute approximate surface area is 166 Å². The van der Waals surface area contributed by atoms with Gasteiger partial charge in [0, 0.05) is 11.3 Å². The molecule has 0 saturated carbocycles. The Balaban J connectivity index is 1.85. The van der Waals surface area contributed by atoms with Crippen LogP contribution in [0.4, 0.5) is 5.69 Å². The molecule has 2 rings (SSSR count). The van der Waals surface area contributed by atoms with Gasteiger partial charge < -0.3 is 19.6 Å². The van der Waals surface area contributed by atoms with Gasteiger partial charge in [-0.3, -0.25) is 4.79 Å². The number of anilines is 1. The van der Waals surface area contributed by atoms with Crippen LogP contribution in [0.5, 0.6) is 11.5 Å². The van der Waals surface area contributed by atoms with Crippen LogP contribution in [0.3, 0.4) is 0 Å². The Hall–Kier alpha value is -3.02. The standard InChI is InChI=1S/C22H28N2O4/c1-6-27-19-12-7-16(13-20(19)26-5)14-23-28-15-21(25)24-18-10-8-17(9-11-18)22(2,3)4/h7-14H,6,15H2,1-5H3,(H,24,25)/b23-14-. The predicted molar refractivity (Wildman–Crippen MR) is 111 cm³/mol. The molecule has 6 nitrogen and oxygen atoms in total. The number of ether oxygens (including phenoxy) is 2. The van der Waals surface area contributed by atoms with Crippen LogP contribution in [0.15, 0.2) is 47.6 Å². The number of oxime groups is 1. The molecule has 0 saturated heterocycles. The molecule has 150 valence electrons. The van der Waals surface area contributed by atoms with Gasteiger partial charge in [-0.15, -0.1) is 0 Å². The first-order valence-electron chi connectivity index (χ1n) is 9.20. The van der Waals surface area contributed by atoms with Gasteiger partial charge in [0.05, 0.1) is 19.9 Å². The lowest BCUT2D eigenvalue weighted by Gasteiger charge is -2.19. The minimum Gasteiger partial charge on any atom is -0.493 e. The molecule has 6 heteroatoms. The average molecular weight is 384 g/mol. The molecule has 0 atom stereocenters. The van der Waals surface area contributed by atoms with Gasteiger partial charge in [-0.05, 0) is 48.2 Å². The molecular weight excluding hydrogens is 356 g/mol. The Morgan fingerprint density at radius 2 is 1.82 bits per heavy atom. The van der Waals surface area contributed by atoms with E-state index in [9.17, 15) is 4.79 Å². The van der Waals surface area contributed by atoms with E-state index in [1.165, 1.54) is 11.8 Å². The maximum Gasteiger partial charge on any atom is 0.265 e. The lowest BCUT2D eigenvalue weighted by Crippen LogP contribution is -2.17. The van der Waals surface area contributed by atoms with Crippen molar-refractivity contribution in [1.29, 1.82) is 0 Å². The van der Waals surface area contributed by atoms with E-state index in [1.54, 1.807) is 19.2 Å². The molecule has 0 bridgehead atoms. The smallest absolute Gasteiger partial charge is 0.265 e. The molecular formula is C22H28N2O4. The summed E-state index contributed by atoms with van der Waals surface area (Å²) in [5.41, 5.74) is 2.78. The number of methoxy groups -OCH3 is 1. The number of amides is 1. The number of hydrogen-bond acceptors (Lipinski definition) is 5. The van der Waals surface area contributed by atoms with Crippen LogP contribution in [0.1, 0.15) is 38.8 Å². The number of hydrogen-bond donors (Lipinski definition) is 1. The van der Waals surface area contributed by atoms with E-state index >= 15 is 0 Å². The summed E-state index contributed by atoms with van der Waals surface area (Å²) >= 11 is 0. The van der Waals surface area contributed by atoms with Gasteiger partial charge in [0.1, 0.15) is 0 Å². The van der Waals surface area contributed by atoms with Crippen LogP contribution in [-0.2, 0) is 15.0 Å². The molecule has 2 aromatic carbocycles. The van der Waals surface area contributed by atoms with Crippen molar-refractivity contribution in [2.24, 2.45) is 5.16 Å². The highest BCUT2D eigenvalue weighted by molar-refractivity contribution is 5.91. The molecule has 0 aliphatic carbocycles. The molecule has 2 aromatic rings. The highest BCUT2D eigenvalue weighted by atomic mass is 16.6. The van der Waals surface area contributed by atoms with E-state index < -0.39 is 0 Å². The molecule has 0 aliphatic rings. The fourth-order valence-electron chi connectivity index (χ4n) is 2.48. The van der Waals surface area contributed by atoms with Crippen molar-refractivity contribution < 1.29 is 19.1 Å². The molecule has 0 unspecified atom stereocenters. The van der Waals surface area contributed by atoms with Gasteiger partial charge in [0.25, 0.3) is 5.91 Å². The number of carbonyl (C=O) groups is 1. The van der Waals surface area contributed by atoms with Crippen molar-refractivity contribution in [2.75, 3.05) is 25.6 Å². The summed E-state index contributed by atoms with van der Waals surface area (Å²) in [6.07, 6.45) is 1.52. The van der Waals surface area contributed by atoms with Crippen LogP contribution in [0, 0.1) is 0 Å². The minimum absolute atomic E-state index is 0.0733. The van der Waals surface area contributed by atoms with Gasteiger partial charge in [0.15, 0.2) is 18.1 Å². The number of benzene rings is 2. The quantitative estimate of drug-likeness (QED) is 0.542. The summed E-state index contributed by atoms with van der Waals surface area (Å²) in [6, 6.07) is 13.2. The number of carbonyl (C=O) groups excluding carboxylic acids is 1. The Kier molecular flexibility index (Phi) is 7.44. The molecule has 1 N–H and O–H groups in total. The zero-order valence-corrected chi connectivity index (χ0v) is 17.1. The van der Waals surface area contributed by atoms with Gasteiger partial charge in [-0.1, -0.05) is 38.1 Å². The van der Waals surface area contributed by atoms with Gasteiger partial charge in [-0.2, -0.15) is 0 Å². The largest absolute Gasteiger partial charge is 0.493 e. The zero-order valence-electron chi connectivity index (χ0n) is 17.1. The van der Waals surface area contributed by atoms with Crippen LogP contribution < -0.4 is 14.8 Å². The van der Waals surface area contributed by atoms with Crippen LogP contribution in [0.25, 0.3) is 0 Å². The van der Waals surface area contributed by atoms with E-state index in [1.807, 2.05) is 37.3 Å². The molecule has 0 fully saturated rings. The molecule has 28 heavy (non-hydrogen) atoms. The van der Waals surface area contributed by atoms with Gasteiger partial charge in [0.2, 0.25) is 0 Å². The van der Waals surface area contributed by atoms with Crippen molar-refractivity contribution in [2.45, 2.75) is 33.1 Å². The first-order chi connectivity index (χ1) is 13.3. The summed E-state index contributed by atoms with van der Waals surface area (Å²) in [6.45, 7) is 8.73. The lowest BCUT2D eigenvalue weighted by atomic mass is 9.87. The number of nitrogens with one attached hydrogen (secondary N) is 1. The average Bonchev–Trinajstić information content (AvgIpc) is 2.66. The first kappa shape index (κ1) is 21.3. The van der Waals surface area contributed by atoms with Gasteiger partial charge >= 0.3 is 0 Å². The summed E-state index contributed by atoms with van der Waals surface area (Å²) in [4.78, 5) is 17.1. The monoisotopic (exact) mass is 384 g/mol. The fourth-order valence-corrected chi connectivity index (χ4v) is 2.48. The summed E-state index contributed by atoms with van der Waals surface area (Å²) in [7, 11) is 1.58. The molecule has 0 heterocycles. The molecule has 1 amide bonds. The second-order valence-electron chi connectivity index (χ2n) is 7.23. The fraction of sp³-hybridized carbons (Fsp3) is 0.364. The maximum absolute atomic E-state index is 12.0. The highest BCUT2D eigenvalue weighted by Crippen LogP contribution is 2.27. The van der Waals surface area contributed by atoms with Crippen LogP contribution in [0.2, 0.25) is 0 Å². The first-order valence-corrected chi connectivity index (χ1v) is 9.20. The van der Waals surface area contributed by atoms with E-state index in [-0.39, 0.29) is 17.9 Å². The zero-order chi connectivity index (χ0) is 20.6. The van der Waals surface area contributed by atoms with Crippen molar-refractivity contribution in [3.63, 3.8) is 0 Å². The Morgan fingerprint density at radius 3 is 2.43 bits per heavy atom. The highest BCUT2D eigenvalue weighted by Gasteiger charge is 2.13. The molecule has 0 radical (unpaired) electrons. The van der Waals surface area contributed by atoms with Crippen molar-refractivity contribution in [3.05, 3.63) is 53.6 Å². The van der Waals surface area contributed by atoms with Crippen molar-refractivity contribution >= 4 is 17.8 Å². The summed E-state index contributed by atoms with van der Waals surface area (Å²) in [5, 5.41) is 6.62. The van der Waals surface area contributed by atoms with E-state index in [2.05, 4.69) is 31.2 Å². The van der Waals surface area contributed by atoms with E-state index in [4.69, 9.17) is 14.3 Å². The Bertz CT molecular complexity index is 808. The third-order valence-electron chi connectivity index (χ3n) is 3.99. The molecule has 0 spiro atoms. The molecule has 0 aliphatic heterocycles. The maximum atomic E-state index is 12.0. The van der Waals surface area contributed by atoms with Gasteiger partial charge in [-0.25, -0.2) is 0 Å². The number of rotatable bonds is 8. The molecule has 0 aromatic heterocycles. The van der Waals surface area contributed by atoms with Crippen molar-refractivity contribution in [1.82, 2.24) is 0 Å². The van der Waals surface area contributed by atoms with E-state index in [0.717, 1.165) is 11.3 Å².